The minimum Gasteiger partial charge on any atom is -0.307 e. The van der Waals surface area contributed by atoms with Crippen molar-refractivity contribution in [1.82, 2.24) is 24.1 Å². The molecule has 0 bridgehead atoms. The van der Waals surface area contributed by atoms with E-state index in [0.717, 1.165) is 55.3 Å². The number of aromatic nitrogens is 5. The molecule has 0 unspecified atom stereocenters. The molecule has 0 atom stereocenters. The number of para-hydroxylation sites is 3. The second-order valence-corrected chi connectivity index (χ2v) is 12.8. The standard InChI is InChI=1S/C46H28N6/c47-29-32-28-34(24-25-35(32)46-49-44(30-14-4-1-5-15-30)48-45(50-46)31-16-6-2-7-17-31)52-41-23-13-11-21-37(41)39-27-26-38-36-20-10-12-22-40(36)51(42(38)43(39)52)33-18-8-3-9-19-33/h1-28H. The number of fused-ring (bicyclic) bond motifs is 7. The van der Waals surface area contributed by atoms with Crippen LogP contribution in [0.1, 0.15) is 5.56 Å². The normalized spacial score (nSPS) is 11.4. The van der Waals surface area contributed by atoms with Gasteiger partial charge in [0.2, 0.25) is 0 Å². The number of nitrogens with zero attached hydrogens (tertiary/aromatic N) is 6. The summed E-state index contributed by atoms with van der Waals surface area (Å²) in [7, 11) is 0. The Kier molecular flexibility index (Phi) is 6.76. The molecule has 7 aromatic carbocycles. The predicted octanol–water partition coefficient (Wildman–Crippen LogP) is 10.9. The van der Waals surface area contributed by atoms with Crippen LogP contribution in [0.2, 0.25) is 0 Å². The minimum absolute atomic E-state index is 0.449. The van der Waals surface area contributed by atoms with Crippen LogP contribution in [0.4, 0.5) is 0 Å². The van der Waals surface area contributed by atoms with Gasteiger partial charge in [-0.15, -0.1) is 0 Å². The van der Waals surface area contributed by atoms with E-state index < -0.39 is 0 Å². The molecule has 10 rings (SSSR count). The van der Waals surface area contributed by atoms with Crippen molar-refractivity contribution >= 4 is 43.6 Å². The first-order valence-electron chi connectivity index (χ1n) is 17.2. The van der Waals surface area contributed by atoms with E-state index in [4.69, 9.17) is 15.0 Å². The molecule has 3 aromatic heterocycles. The zero-order valence-electron chi connectivity index (χ0n) is 27.8. The van der Waals surface area contributed by atoms with Crippen molar-refractivity contribution < 1.29 is 0 Å². The third-order valence-corrected chi connectivity index (χ3v) is 9.81. The fourth-order valence-corrected chi connectivity index (χ4v) is 7.50. The molecule has 6 heteroatoms. The van der Waals surface area contributed by atoms with Crippen molar-refractivity contribution in [3.63, 3.8) is 0 Å². The maximum Gasteiger partial charge on any atom is 0.165 e. The van der Waals surface area contributed by atoms with Crippen molar-refractivity contribution in [2.24, 2.45) is 0 Å². The summed E-state index contributed by atoms with van der Waals surface area (Å²) in [6.07, 6.45) is 0. The summed E-state index contributed by atoms with van der Waals surface area (Å²) < 4.78 is 4.66. The second-order valence-electron chi connectivity index (χ2n) is 12.8. The van der Waals surface area contributed by atoms with Crippen LogP contribution >= 0.6 is 0 Å². The molecule has 0 amide bonds. The fourth-order valence-electron chi connectivity index (χ4n) is 7.50. The van der Waals surface area contributed by atoms with E-state index in [9.17, 15) is 5.26 Å². The van der Waals surface area contributed by atoms with Gasteiger partial charge in [-0.2, -0.15) is 5.26 Å². The van der Waals surface area contributed by atoms with Gasteiger partial charge in [-0.05, 0) is 42.5 Å². The number of benzene rings is 7. The highest BCUT2D eigenvalue weighted by Gasteiger charge is 2.22. The number of hydrogen-bond donors (Lipinski definition) is 0. The maximum atomic E-state index is 10.7. The van der Waals surface area contributed by atoms with Gasteiger partial charge in [-0.1, -0.05) is 127 Å². The van der Waals surface area contributed by atoms with E-state index in [1.165, 1.54) is 10.8 Å². The van der Waals surface area contributed by atoms with E-state index in [2.05, 4.69) is 106 Å². The van der Waals surface area contributed by atoms with E-state index in [1.807, 2.05) is 78.9 Å². The van der Waals surface area contributed by atoms with Crippen LogP contribution in [0.5, 0.6) is 0 Å². The monoisotopic (exact) mass is 664 g/mol. The van der Waals surface area contributed by atoms with Crippen LogP contribution < -0.4 is 0 Å². The summed E-state index contributed by atoms with van der Waals surface area (Å²) in [5, 5.41) is 15.4. The highest BCUT2D eigenvalue weighted by Crippen LogP contribution is 2.42. The molecule has 0 saturated heterocycles. The van der Waals surface area contributed by atoms with Crippen molar-refractivity contribution in [1.29, 1.82) is 5.26 Å². The number of rotatable bonds is 5. The lowest BCUT2D eigenvalue weighted by atomic mass is 10.1. The lowest BCUT2D eigenvalue weighted by Gasteiger charge is -2.14. The smallest absolute Gasteiger partial charge is 0.165 e. The molecule has 242 valence electrons. The Morgan fingerprint density at radius 1 is 0.404 bits per heavy atom. The number of nitriles is 1. The van der Waals surface area contributed by atoms with Crippen molar-refractivity contribution in [3.05, 3.63) is 175 Å². The first kappa shape index (κ1) is 29.5. The van der Waals surface area contributed by atoms with Gasteiger partial charge in [0.15, 0.2) is 17.5 Å². The molecule has 3 heterocycles. The highest BCUT2D eigenvalue weighted by molar-refractivity contribution is 6.23. The highest BCUT2D eigenvalue weighted by atomic mass is 15.1. The molecule has 0 aliphatic rings. The van der Waals surface area contributed by atoms with Gasteiger partial charge >= 0.3 is 0 Å². The van der Waals surface area contributed by atoms with Gasteiger partial charge in [0.25, 0.3) is 0 Å². The van der Waals surface area contributed by atoms with Crippen LogP contribution in [0, 0.1) is 11.3 Å². The van der Waals surface area contributed by atoms with Gasteiger partial charge in [0.1, 0.15) is 0 Å². The molecule has 0 N–H and O–H groups in total. The summed E-state index contributed by atoms with van der Waals surface area (Å²) >= 11 is 0. The van der Waals surface area contributed by atoms with Gasteiger partial charge in [-0.25, -0.2) is 15.0 Å². The molecular formula is C46H28N6. The second kappa shape index (κ2) is 11.9. The summed E-state index contributed by atoms with van der Waals surface area (Å²) in [4.78, 5) is 14.7. The maximum absolute atomic E-state index is 10.7. The molecule has 10 aromatic rings. The molecule has 52 heavy (non-hydrogen) atoms. The third kappa shape index (κ3) is 4.61. The SMILES string of the molecule is N#Cc1cc(-n2c3ccccc3c3ccc4c5ccccc5n(-c5ccccc5)c4c32)ccc1-c1nc(-c2ccccc2)nc(-c2ccccc2)n1. The predicted molar refractivity (Wildman–Crippen MR) is 210 cm³/mol. The number of hydrogen-bond acceptors (Lipinski definition) is 4. The minimum atomic E-state index is 0.449. The fraction of sp³-hybridized carbons (Fsp3) is 0. The Bertz CT molecular complexity index is 2950. The zero-order chi connectivity index (χ0) is 34.6. The van der Waals surface area contributed by atoms with E-state index >= 15 is 0 Å². The largest absolute Gasteiger partial charge is 0.307 e. The first-order chi connectivity index (χ1) is 25.8. The molecule has 0 fully saturated rings. The van der Waals surface area contributed by atoms with E-state index in [0.29, 0.717) is 28.6 Å². The van der Waals surface area contributed by atoms with Crippen LogP contribution in [0.15, 0.2) is 170 Å². The molecule has 0 radical (unpaired) electrons. The Morgan fingerprint density at radius 3 is 1.40 bits per heavy atom. The van der Waals surface area contributed by atoms with E-state index in [-0.39, 0.29) is 0 Å². The van der Waals surface area contributed by atoms with Gasteiger partial charge in [0, 0.05) is 49.6 Å². The summed E-state index contributed by atoms with van der Waals surface area (Å²) in [5.41, 5.74) is 9.23. The molecule has 6 nitrogen and oxygen atoms in total. The molecule has 0 aliphatic heterocycles. The van der Waals surface area contributed by atoms with Crippen LogP contribution in [-0.4, -0.2) is 24.1 Å². The Labute approximate surface area is 299 Å². The van der Waals surface area contributed by atoms with Crippen molar-refractivity contribution in [2.45, 2.75) is 0 Å². The van der Waals surface area contributed by atoms with Gasteiger partial charge in [0.05, 0.1) is 33.7 Å². The van der Waals surface area contributed by atoms with Crippen LogP contribution in [-0.2, 0) is 0 Å². The molecule has 0 spiro atoms. The Morgan fingerprint density at radius 2 is 0.865 bits per heavy atom. The topological polar surface area (TPSA) is 72.3 Å². The van der Waals surface area contributed by atoms with E-state index in [1.54, 1.807) is 0 Å². The van der Waals surface area contributed by atoms with Crippen molar-refractivity contribution in [2.75, 3.05) is 0 Å². The van der Waals surface area contributed by atoms with Crippen molar-refractivity contribution in [3.8, 4) is 51.6 Å². The zero-order valence-corrected chi connectivity index (χ0v) is 27.8. The average Bonchev–Trinajstić information content (AvgIpc) is 3.74. The summed E-state index contributed by atoms with van der Waals surface area (Å²) in [5.74, 6) is 1.55. The molecule has 0 saturated carbocycles. The van der Waals surface area contributed by atoms with Crippen LogP contribution in [0.3, 0.4) is 0 Å². The lowest BCUT2D eigenvalue weighted by Crippen LogP contribution is -2.02. The molecule has 0 aliphatic carbocycles. The summed E-state index contributed by atoms with van der Waals surface area (Å²) in [6.45, 7) is 0. The Hall–Kier alpha value is -7.36. The van der Waals surface area contributed by atoms with Gasteiger partial charge in [-0.3, -0.25) is 0 Å². The third-order valence-electron chi connectivity index (χ3n) is 9.81. The molecular weight excluding hydrogens is 637 g/mol. The van der Waals surface area contributed by atoms with Crippen LogP contribution in [0.25, 0.3) is 89.2 Å². The van der Waals surface area contributed by atoms with Gasteiger partial charge < -0.3 is 9.13 Å². The summed E-state index contributed by atoms with van der Waals surface area (Å²) in [6, 6.07) is 60.3. The Balaban J connectivity index is 1.25. The first-order valence-corrected chi connectivity index (χ1v) is 17.2. The quantitative estimate of drug-likeness (QED) is 0.184. The lowest BCUT2D eigenvalue weighted by molar-refractivity contribution is 1.07. The average molecular weight is 665 g/mol.